The average Bonchev–Trinajstić information content (AvgIpc) is 2.26. The molecule has 0 aromatic heterocycles. The van der Waals surface area contributed by atoms with Gasteiger partial charge in [-0.2, -0.15) is 0 Å². The highest BCUT2D eigenvalue weighted by atomic mass is 32.2. The van der Waals surface area contributed by atoms with Gasteiger partial charge in [0.05, 0.1) is 4.92 Å². The number of hydrogen-bond donors (Lipinski definition) is 2. The Bertz CT molecular complexity index is 626. The molecule has 8 nitrogen and oxygen atoms in total. The van der Waals surface area contributed by atoms with Gasteiger partial charge in [0.1, 0.15) is 16.6 Å². The van der Waals surface area contributed by atoms with Gasteiger partial charge in [0, 0.05) is 6.26 Å². The molecule has 1 aromatic rings. The number of nitro benzene ring substituents is 1. The van der Waals surface area contributed by atoms with Crippen LogP contribution in [0.4, 0.5) is 11.4 Å². The minimum Gasteiger partial charge on any atom is -0.368 e. The zero-order valence-corrected chi connectivity index (χ0v) is 11.1. The molecular formula is C10H13N3O5S. The summed E-state index contributed by atoms with van der Waals surface area (Å²) in [5, 5.41) is 13.5. The Morgan fingerprint density at radius 1 is 1.47 bits per heavy atom. The van der Waals surface area contributed by atoms with Crippen LogP contribution in [0.25, 0.3) is 0 Å². The summed E-state index contributed by atoms with van der Waals surface area (Å²) in [6.45, 7) is 1.42. The molecule has 104 valence electrons. The van der Waals surface area contributed by atoms with Gasteiger partial charge >= 0.3 is 5.69 Å². The first-order valence-corrected chi connectivity index (χ1v) is 7.07. The predicted octanol–water partition coefficient (Wildman–Crippen LogP) is 0.284. The molecule has 1 aromatic carbocycles. The van der Waals surface area contributed by atoms with E-state index in [1.165, 1.54) is 19.1 Å². The topological polar surface area (TPSA) is 132 Å². The molecule has 3 N–H and O–H groups in total. The van der Waals surface area contributed by atoms with Crippen LogP contribution in [0.1, 0.15) is 6.92 Å². The van der Waals surface area contributed by atoms with E-state index in [0.29, 0.717) is 0 Å². The van der Waals surface area contributed by atoms with Gasteiger partial charge in [-0.3, -0.25) is 14.9 Å². The third-order valence-corrected chi connectivity index (χ3v) is 3.51. The van der Waals surface area contributed by atoms with Crippen LogP contribution in [0.2, 0.25) is 0 Å². The largest absolute Gasteiger partial charge is 0.368 e. The minimum absolute atomic E-state index is 0.0702. The highest BCUT2D eigenvalue weighted by Crippen LogP contribution is 2.32. The van der Waals surface area contributed by atoms with Crippen LogP contribution in [-0.4, -0.2) is 31.5 Å². The number of nitrogens with two attached hydrogens (primary N) is 1. The van der Waals surface area contributed by atoms with Crippen molar-refractivity contribution in [2.24, 2.45) is 5.73 Å². The normalized spacial score (nSPS) is 12.7. The maximum absolute atomic E-state index is 11.5. The van der Waals surface area contributed by atoms with E-state index < -0.39 is 37.3 Å². The van der Waals surface area contributed by atoms with Crippen molar-refractivity contribution in [1.82, 2.24) is 0 Å². The van der Waals surface area contributed by atoms with E-state index in [9.17, 15) is 23.3 Å². The molecule has 1 amide bonds. The van der Waals surface area contributed by atoms with Crippen molar-refractivity contribution >= 4 is 27.1 Å². The quantitative estimate of drug-likeness (QED) is 0.590. The van der Waals surface area contributed by atoms with Gasteiger partial charge in [-0.25, -0.2) is 8.42 Å². The number of rotatable bonds is 5. The molecule has 0 aliphatic heterocycles. The smallest absolute Gasteiger partial charge is 0.310 e. The van der Waals surface area contributed by atoms with Crippen LogP contribution in [-0.2, 0) is 14.6 Å². The number of para-hydroxylation sites is 1. The first-order chi connectivity index (χ1) is 8.64. The highest BCUT2D eigenvalue weighted by Gasteiger charge is 2.27. The summed E-state index contributed by atoms with van der Waals surface area (Å²) in [5.74, 6) is -0.709. The van der Waals surface area contributed by atoms with Crippen molar-refractivity contribution in [3.05, 3.63) is 28.3 Å². The maximum Gasteiger partial charge on any atom is 0.310 e. The lowest BCUT2D eigenvalue weighted by Crippen LogP contribution is -2.32. The van der Waals surface area contributed by atoms with Crippen LogP contribution in [0, 0.1) is 10.1 Å². The van der Waals surface area contributed by atoms with E-state index in [0.717, 1.165) is 12.3 Å². The molecule has 0 aliphatic rings. The summed E-state index contributed by atoms with van der Waals surface area (Å²) in [5.41, 5.74) is 4.38. The molecule has 0 bridgehead atoms. The second-order valence-electron chi connectivity index (χ2n) is 3.95. The number of hydrogen-bond acceptors (Lipinski definition) is 6. The van der Waals surface area contributed by atoms with Gasteiger partial charge in [-0.05, 0) is 19.1 Å². The third-order valence-electron chi connectivity index (χ3n) is 2.38. The Kier molecular flexibility index (Phi) is 4.10. The van der Waals surface area contributed by atoms with Gasteiger partial charge < -0.3 is 11.1 Å². The molecule has 0 radical (unpaired) electrons. The Hall–Kier alpha value is -2.16. The van der Waals surface area contributed by atoms with Crippen LogP contribution in [0.15, 0.2) is 23.1 Å². The number of nitro groups is 1. The average molecular weight is 287 g/mol. The van der Waals surface area contributed by atoms with Crippen LogP contribution < -0.4 is 11.1 Å². The molecule has 0 fully saturated rings. The Morgan fingerprint density at radius 2 is 2.05 bits per heavy atom. The Labute approximate surface area is 109 Å². The number of carbonyl (C=O) groups is 1. The van der Waals surface area contributed by atoms with E-state index in [1.54, 1.807) is 0 Å². The first kappa shape index (κ1) is 14.9. The van der Waals surface area contributed by atoms with Gasteiger partial charge in [0.25, 0.3) is 0 Å². The lowest BCUT2D eigenvalue weighted by molar-refractivity contribution is -0.386. The van der Waals surface area contributed by atoms with Crippen molar-refractivity contribution in [3.8, 4) is 0 Å². The van der Waals surface area contributed by atoms with Crippen LogP contribution >= 0.6 is 0 Å². The fourth-order valence-corrected chi connectivity index (χ4v) is 2.29. The van der Waals surface area contributed by atoms with E-state index in [1.807, 2.05) is 0 Å². The number of carbonyl (C=O) groups excluding carboxylic acids is 1. The van der Waals surface area contributed by atoms with Crippen molar-refractivity contribution in [2.75, 3.05) is 11.6 Å². The summed E-state index contributed by atoms with van der Waals surface area (Å²) in [7, 11) is -3.75. The third kappa shape index (κ3) is 3.41. The maximum atomic E-state index is 11.5. The summed E-state index contributed by atoms with van der Waals surface area (Å²) >= 11 is 0. The number of amides is 1. The van der Waals surface area contributed by atoms with E-state index in [-0.39, 0.29) is 5.69 Å². The molecule has 0 spiro atoms. The molecule has 19 heavy (non-hydrogen) atoms. The molecule has 9 heteroatoms. The molecule has 0 saturated heterocycles. The molecule has 0 saturated carbocycles. The monoisotopic (exact) mass is 287 g/mol. The number of sulfone groups is 1. The van der Waals surface area contributed by atoms with Gasteiger partial charge in [-0.15, -0.1) is 0 Å². The summed E-state index contributed by atoms with van der Waals surface area (Å²) in [4.78, 5) is 20.7. The van der Waals surface area contributed by atoms with Crippen molar-refractivity contribution < 1.29 is 18.1 Å². The molecule has 1 unspecified atom stereocenters. The molecule has 0 heterocycles. The SMILES string of the molecule is CC(Nc1cccc(S(C)(=O)=O)c1[N+](=O)[O-])C(N)=O. The Balaban J connectivity index is 3.42. The summed E-state index contributed by atoms with van der Waals surface area (Å²) in [6.07, 6.45) is 0.872. The fraction of sp³-hybridized carbons (Fsp3) is 0.300. The molecule has 1 rings (SSSR count). The lowest BCUT2D eigenvalue weighted by atomic mass is 10.2. The van der Waals surface area contributed by atoms with Crippen LogP contribution in [0.3, 0.4) is 0 Å². The van der Waals surface area contributed by atoms with Gasteiger partial charge in [-0.1, -0.05) is 6.07 Å². The number of benzene rings is 1. The van der Waals surface area contributed by atoms with Gasteiger partial charge in [0.15, 0.2) is 9.84 Å². The van der Waals surface area contributed by atoms with E-state index in [4.69, 9.17) is 5.73 Å². The van der Waals surface area contributed by atoms with E-state index >= 15 is 0 Å². The molecule has 0 aliphatic carbocycles. The Morgan fingerprint density at radius 3 is 2.47 bits per heavy atom. The second-order valence-corrected chi connectivity index (χ2v) is 5.93. The number of nitrogens with zero attached hydrogens (tertiary/aromatic N) is 1. The fourth-order valence-electron chi connectivity index (χ4n) is 1.43. The standard InChI is InChI=1S/C10H13N3O5S/c1-6(10(11)14)12-7-4-3-5-8(19(2,17)18)9(7)13(15)16/h3-6,12H,1-2H3,(H2,11,14). The van der Waals surface area contributed by atoms with Crippen molar-refractivity contribution in [1.29, 1.82) is 0 Å². The van der Waals surface area contributed by atoms with Crippen molar-refractivity contribution in [3.63, 3.8) is 0 Å². The zero-order valence-electron chi connectivity index (χ0n) is 10.3. The first-order valence-electron chi connectivity index (χ1n) is 5.18. The second kappa shape index (κ2) is 5.22. The van der Waals surface area contributed by atoms with E-state index in [2.05, 4.69) is 5.32 Å². The zero-order chi connectivity index (χ0) is 14.8. The molecule has 1 atom stereocenters. The summed E-state index contributed by atoms with van der Waals surface area (Å²) in [6, 6.07) is 2.92. The van der Waals surface area contributed by atoms with Gasteiger partial charge in [0.2, 0.25) is 5.91 Å². The minimum atomic E-state index is -3.75. The predicted molar refractivity (Wildman–Crippen MR) is 68.5 cm³/mol. The number of anilines is 1. The van der Waals surface area contributed by atoms with Crippen LogP contribution in [0.5, 0.6) is 0 Å². The van der Waals surface area contributed by atoms with Crippen molar-refractivity contribution in [2.45, 2.75) is 17.9 Å². The summed E-state index contributed by atoms with van der Waals surface area (Å²) < 4.78 is 23.0. The highest BCUT2D eigenvalue weighted by molar-refractivity contribution is 7.90. The molecular weight excluding hydrogens is 274 g/mol. The number of primary amides is 1. The number of nitrogens with one attached hydrogen (secondary N) is 1. The lowest BCUT2D eigenvalue weighted by Gasteiger charge is -2.13.